The zero-order valence-electron chi connectivity index (χ0n) is 42.0. The van der Waals surface area contributed by atoms with Crippen LogP contribution < -0.4 is 71.2 Å². The van der Waals surface area contributed by atoms with Gasteiger partial charge in [-0.25, -0.2) is 4.79 Å². The molecule has 25 nitrogen and oxygen atoms in total. The fourth-order valence-electron chi connectivity index (χ4n) is 6.57. The number of carbonyl (C=O) groups excluding carboxylic acids is 8. The normalized spacial score (nSPS) is 15.4. The van der Waals surface area contributed by atoms with Crippen LogP contribution >= 0.6 is 37.9 Å². The van der Waals surface area contributed by atoms with Crippen molar-refractivity contribution in [2.75, 3.05) is 30.3 Å². The van der Waals surface area contributed by atoms with Crippen molar-refractivity contribution in [3.8, 4) is 0 Å². The molecule has 19 N–H and O–H groups in total. The average molecular weight is 1060 g/mol. The van der Waals surface area contributed by atoms with Crippen LogP contribution in [0.25, 0.3) is 0 Å². The number of carboxylic acid groups (broad SMARTS) is 1. The van der Waals surface area contributed by atoms with Crippen LogP contribution in [0.4, 0.5) is 0 Å². The van der Waals surface area contributed by atoms with Gasteiger partial charge in [0, 0.05) is 30.3 Å². The molecule has 0 aromatic heterocycles. The number of guanidine groups is 2. The number of nitrogens with zero attached hydrogens (tertiary/aromatic N) is 2. The molecule has 0 saturated carbocycles. The summed E-state index contributed by atoms with van der Waals surface area (Å²) in [5.74, 6) is -9.98. The van der Waals surface area contributed by atoms with Crippen molar-refractivity contribution in [3.05, 3.63) is 0 Å². The lowest BCUT2D eigenvalue weighted by molar-refractivity contribution is -0.142. The Labute approximate surface area is 433 Å². The summed E-state index contributed by atoms with van der Waals surface area (Å²) in [6.07, 6.45) is 1.28. The van der Waals surface area contributed by atoms with Crippen LogP contribution in [0.2, 0.25) is 0 Å². The number of aliphatic carboxylic acids is 1. The standard InChI is InChI=1S/C43H81N15O10S3/c1-9-23(8)32(58-37(63)27(17-69)53-33(59)24(44)12-10-14-49-42(45)46)40(66)54-28(18-70)36(62)57-30(21(4)5)38(64)52-26(16-20(2)3)35(61)51-25(13-11-15-50-43(47)48)34(60)56-31(22(6)7)39(65)55-29(19-71)41(67)68/h20-32,69-71H,9-19,44H2,1-8H3,(H,51,61)(H,52,64)(H,53,59)(H,54,66)(H,55,65)(H,56,60)(H,57,62)(H,58,63)(H,67,68)(H4,45,46,49)(H4,47,48,50)/t23-,24-,25-,26-,27-,28-,29-,30-,31-,32-/m0/s1. The number of hydrogen-bond acceptors (Lipinski definition) is 15. The Morgan fingerprint density at radius 1 is 0.479 bits per heavy atom. The largest absolute Gasteiger partial charge is 0.480 e. The number of carboxylic acids is 1. The lowest BCUT2D eigenvalue weighted by Gasteiger charge is -2.30. The van der Waals surface area contributed by atoms with Gasteiger partial charge in [0.25, 0.3) is 0 Å². The minimum Gasteiger partial charge on any atom is -0.480 e. The number of thiol groups is 3. The molecular weight excluding hydrogens is 983 g/mol. The van der Waals surface area contributed by atoms with Crippen LogP contribution in [0.5, 0.6) is 0 Å². The molecule has 0 rings (SSSR count). The van der Waals surface area contributed by atoms with Gasteiger partial charge in [0.15, 0.2) is 11.9 Å². The predicted octanol–water partition coefficient (Wildman–Crippen LogP) is -3.42. The second-order valence-electron chi connectivity index (χ2n) is 18.2. The molecule has 0 bridgehead atoms. The van der Waals surface area contributed by atoms with Crippen molar-refractivity contribution in [1.29, 1.82) is 0 Å². The molecule has 0 radical (unpaired) electrons. The number of carbonyl (C=O) groups is 9. The van der Waals surface area contributed by atoms with E-state index < -0.39 is 125 Å². The van der Waals surface area contributed by atoms with E-state index in [4.69, 9.17) is 28.7 Å². The lowest BCUT2D eigenvalue weighted by Crippen LogP contribution is -2.62. The molecule has 0 saturated heterocycles. The SMILES string of the molecule is CC[C@H](C)[C@H](NC(=O)[C@H](CS)NC(=O)[C@@H](N)CCCN=C(N)N)C(=O)N[C@@H](CS)C(=O)N[C@H](C(=O)N[C@@H](CC(C)C)C(=O)N[C@@H](CCCN=C(N)N)C(=O)N[C@H](C(=O)N[C@@H](CS)C(=O)O)C(C)C)C(C)C. The average Bonchev–Trinajstić information content (AvgIpc) is 3.29. The minimum absolute atomic E-state index is 0.0225. The molecule has 0 fully saturated rings. The maximum Gasteiger partial charge on any atom is 0.327 e. The molecule has 0 aliphatic carbocycles. The zero-order chi connectivity index (χ0) is 54.7. The summed E-state index contributed by atoms with van der Waals surface area (Å²) < 4.78 is 0. The van der Waals surface area contributed by atoms with Gasteiger partial charge in [-0.3, -0.25) is 48.3 Å². The molecule has 0 aliphatic rings. The van der Waals surface area contributed by atoms with Crippen molar-refractivity contribution >= 4 is 103 Å². The topological polar surface area (TPSA) is 425 Å². The lowest BCUT2D eigenvalue weighted by atomic mass is 9.97. The summed E-state index contributed by atoms with van der Waals surface area (Å²) in [7, 11) is 0. The Morgan fingerprint density at radius 3 is 1.23 bits per heavy atom. The van der Waals surface area contributed by atoms with Crippen LogP contribution in [0.3, 0.4) is 0 Å². The van der Waals surface area contributed by atoms with Crippen LogP contribution in [-0.4, -0.2) is 155 Å². The number of nitrogens with two attached hydrogens (primary N) is 5. The number of rotatable bonds is 34. The van der Waals surface area contributed by atoms with Gasteiger partial charge < -0.3 is 76.3 Å². The third-order valence-corrected chi connectivity index (χ3v) is 12.0. The molecular formula is C43H81N15O10S3. The van der Waals surface area contributed by atoms with E-state index in [2.05, 4.69) is 90.4 Å². The first-order chi connectivity index (χ1) is 33.1. The molecule has 0 unspecified atom stereocenters. The summed E-state index contributed by atoms with van der Waals surface area (Å²) in [4.78, 5) is 128. The number of amides is 8. The van der Waals surface area contributed by atoms with Gasteiger partial charge in [-0.05, 0) is 55.8 Å². The molecule has 10 atom stereocenters. The van der Waals surface area contributed by atoms with E-state index >= 15 is 0 Å². The summed E-state index contributed by atoms with van der Waals surface area (Å²) in [5, 5.41) is 30.2. The maximum atomic E-state index is 14.1. The molecule has 406 valence electrons. The molecule has 0 heterocycles. The molecule has 0 aromatic rings. The van der Waals surface area contributed by atoms with E-state index in [1.54, 1.807) is 55.4 Å². The van der Waals surface area contributed by atoms with E-state index in [9.17, 15) is 48.3 Å². The monoisotopic (exact) mass is 1060 g/mol. The van der Waals surface area contributed by atoms with Gasteiger partial charge in [0.1, 0.15) is 48.3 Å². The maximum absolute atomic E-state index is 14.1. The van der Waals surface area contributed by atoms with E-state index in [1.165, 1.54) is 0 Å². The first-order valence-corrected chi connectivity index (χ1v) is 25.4. The molecule has 0 spiro atoms. The van der Waals surface area contributed by atoms with Crippen LogP contribution in [0.1, 0.15) is 93.9 Å². The number of aliphatic imine (C=N–C) groups is 2. The van der Waals surface area contributed by atoms with Gasteiger partial charge >= 0.3 is 5.97 Å². The first-order valence-electron chi connectivity index (χ1n) is 23.5. The molecule has 71 heavy (non-hydrogen) atoms. The summed E-state index contributed by atoms with van der Waals surface area (Å²) in [6, 6.07) is -11.0. The third kappa shape index (κ3) is 25.1. The van der Waals surface area contributed by atoms with Crippen molar-refractivity contribution < 1.29 is 48.3 Å². The highest BCUT2D eigenvalue weighted by Crippen LogP contribution is 2.13. The van der Waals surface area contributed by atoms with Crippen LogP contribution in [-0.2, 0) is 43.2 Å². The number of hydrogen-bond donors (Lipinski definition) is 17. The van der Waals surface area contributed by atoms with Crippen molar-refractivity contribution in [2.45, 2.75) is 148 Å². The molecule has 28 heteroatoms. The Balaban J connectivity index is 6.35. The van der Waals surface area contributed by atoms with Gasteiger partial charge in [-0.15, -0.1) is 0 Å². The molecule has 0 aromatic carbocycles. The van der Waals surface area contributed by atoms with Gasteiger partial charge in [-0.2, -0.15) is 37.9 Å². The van der Waals surface area contributed by atoms with Crippen molar-refractivity contribution in [3.63, 3.8) is 0 Å². The van der Waals surface area contributed by atoms with Crippen molar-refractivity contribution in [2.24, 2.45) is 62.3 Å². The van der Waals surface area contributed by atoms with Crippen LogP contribution in [0.15, 0.2) is 9.98 Å². The Kier molecular flexibility index (Phi) is 31.7. The van der Waals surface area contributed by atoms with E-state index in [0.29, 0.717) is 12.8 Å². The molecule has 8 amide bonds. The highest BCUT2D eigenvalue weighted by molar-refractivity contribution is 7.80. The Hall–Kier alpha value is -5.22. The fourth-order valence-corrected chi connectivity index (χ4v) is 7.33. The summed E-state index contributed by atoms with van der Waals surface area (Å²) in [5.41, 5.74) is 27.6. The van der Waals surface area contributed by atoms with Gasteiger partial charge in [0.2, 0.25) is 47.3 Å². The highest BCUT2D eigenvalue weighted by Gasteiger charge is 2.36. The first kappa shape index (κ1) is 65.8. The van der Waals surface area contributed by atoms with Gasteiger partial charge in [-0.1, -0.05) is 61.8 Å². The van der Waals surface area contributed by atoms with Crippen molar-refractivity contribution in [1.82, 2.24) is 42.5 Å². The quantitative estimate of drug-likeness (QED) is 0.0129. The Morgan fingerprint density at radius 2 is 0.831 bits per heavy atom. The van der Waals surface area contributed by atoms with Crippen LogP contribution in [0, 0.1) is 23.7 Å². The fraction of sp³-hybridized carbons (Fsp3) is 0.744. The summed E-state index contributed by atoms with van der Waals surface area (Å²) in [6.45, 7) is 14.0. The number of nitrogens with one attached hydrogen (secondary N) is 8. The van der Waals surface area contributed by atoms with E-state index in [1.807, 2.05) is 0 Å². The highest BCUT2D eigenvalue weighted by atomic mass is 32.1. The third-order valence-electron chi connectivity index (χ3n) is 10.9. The second kappa shape index (κ2) is 34.2. The van der Waals surface area contributed by atoms with E-state index in [-0.39, 0.29) is 73.9 Å². The predicted molar refractivity (Wildman–Crippen MR) is 281 cm³/mol. The minimum atomic E-state index is -1.34. The smallest absolute Gasteiger partial charge is 0.327 e. The van der Waals surface area contributed by atoms with Gasteiger partial charge in [0.05, 0.1) is 6.04 Å². The second-order valence-corrected chi connectivity index (χ2v) is 19.3. The zero-order valence-corrected chi connectivity index (χ0v) is 44.7. The molecule has 0 aliphatic heterocycles. The summed E-state index contributed by atoms with van der Waals surface area (Å²) >= 11 is 12.5. The Bertz CT molecular complexity index is 1840. The van der Waals surface area contributed by atoms with E-state index in [0.717, 1.165) is 0 Å².